The fourth-order valence-corrected chi connectivity index (χ4v) is 2.29. The molecule has 1 aromatic carbocycles. The second-order valence-corrected chi connectivity index (χ2v) is 5.62. The summed E-state index contributed by atoms with van der Waals surface area (Å²) in [4.78, 5) is 14.2. The Labute approximate surface area is 108 Å². The van der Waals surface area contributed by atoms with Gasteiger partial charge in [-0.1, -0.05) is 51.1 Å². The highest BCUT2D eigenvalue weighted by Gasteiger charge is 2.45. The lowest BCUT2D eigenvalue weighted by Crippen LogP contribution is -2.59. The summed E-state index contributed by atoms with van der Waals surface area (Å²) in [5.74, 6) is 0.129. The van der Waals surface area contributed by atoms with E-state index in [1.807, 2.05) is 51.1 Å². The zero-order valence-corrected chi connectivity index (χ0v) is 11.3. The number of β-amino-alcohol motifs (C(OH)–C–C–N with tert-alkyl or cyclic N) is 1. The molecule has 98 valence electrons. The summed E-state index contributed by atoms with van der Waals surface area (Å²) >= 11 is 0. The van der Waals surface area contributed by atoms with E-state index in [-0.39, 0.29) is 17.4 Å². The van der Waals surface area contributed by atoms with Gasteiger partial charge in [0.25, 0.3) is 0 Å². The third-order valence-corrected chi connectivity index (χ3v) is 3.95. The second-order valence-electron chi connectivity index (χ2n) is 5.62. The van der Waals surface area contributed by atoms with Gasteiger partial charge in [0.2, 0.25) is 5.91 Å². The van der Waals surface area contributed by atoms with Crippen molar-refractivity contribution in [2.75, 3.05) is 6.54 Å². The molecule has 0 aromatic heterocycles. The monoisotopic (exact) mass is 247 g/mol. The van der Waals surface area contributed by atoms with Gasteiger partial charge in [-0.25, -0.2) is 0 Å². The van der Waals surface area contributed by atoms with Crippen molar-refractivity contribution in [1.82, 2.24) is 4.90 Å². The smallest absolute Gasteiger partial charge is 0.228 e. The zero-order valence-electron chi connectivity index (χ0n) is 11.3. The van der Waals surface area contributed by atoms with E-state index in [4.69, 9.17) is 0 Å². The Morgan fingerprint density at radius 3 is 2.50 bits per heavy atom. The van der Waals surface area contributed by atoms with Crippen molar-refractivity contribution >= 4 is 5.91 Å². The summed E-state index contributed by atoms with van der Waals surface area (Å²) < 4.78 is 0. The van der Waals surface area contributed by atoms with Gasteiger partial charge in [0.1, 0.15) is 0 Å². The quantitative estimate of drug-likeness (QED) is 0.890. The molecule has 1 aliphatic rings. The van der Waals surface area contributed by atoms with Crippen LogP contribution in [0.25, 0.3) is 0 Å². The summed E-state index contributed by atoms with van der Waals surface area (Å²) in [6, 6.07) is 9.57. The van der Waals surface area contributed by atoms with Crippen molar-refractivity contribution in [3.63, 3.8) is 0 Å². The van der Waals surface area contributed by atoms with Crippen molar-refractivity contribution < 1.29 is 9.90 Å². The van der Waals surface area contributed by atoms with Crippen LogP contribution in [0.1, 0.15) is 38.8 Å². The van der Waals surface area contributed by atoms with E-state index < -0.39 is 6.10 Å². The molecule has 0 bridgehead atoms. The highest BCUT2D eigenvalue weighted by molar-refractivity contribution is 5.83. The van der Waals surface area contributed by atoms with Crippen molar-refractivity contribution in [2.45, 2.75) is 39.3 Å². The first-order chi connectivity index (χ1) is 8.47. The molecule has 2 atom stereocenters. The van der Waals surface area contributed by atoms with Crippen molar-refractivity contribution in [3.8, 4) is 0 Å². The Hall–Kier alpha value is -1.35. The highest BCUT2D eigenvalue weighted by atomic mass is 16.3. The first-order valence-electron chi connectivity index (χ1n) is 6.51. The van der Waals surface area contributed by atoms with Crippen LogP contribution in [-0.4, -0.2) is 28.6 Å². The van der Waals surface area contributed by atoms with Crippen LogP contribution in [0.4, 0.5) is 0 Å². The maximum Gasteiger partial charge on any atom is 0.228 e. The lowest BCUT2D eigenvalue weighted by atomic mass is 9.83. The Morgan fingerprint density at radius 1 is 1.39 bits per heavy atom. The molecule has 2 rings (SSSR count). The van der Waals surface area contributed by atoms with E-state index in [0.29, 0.717) is 6.54 Å². The summed E-state index contributed by atoms with van der Waals surface area (Å²) in [5.41, 5.74) is 0.657. The van der Waals surface area contributed by atoms with E-state index in [0.717, 1.165) is 12.0 Å². The molecule has 1 fully saturated rings. The van der Waals surface area contributed by atoms with Crippen LogP contribution >= 0.6 is 0 Å². The van der Waals surface area contributed by atoms with Crippen LogP contribution in [0.15, 0.2) is 30.3 Å². The van der Waals surface area contributed by atoms with Crippen molar-refractivity contribution in [2.24, 2.45) is 5.41 Å². The van der Waals surface area contributed by atoms with E-state index in [1.54, 1.807) is 4.90 Å². The first kappa shape index (κ1) is 13.1. The number of carbonyl (C=O) groups is 1. The number of benzene rings is 1. The number of amides is 1. The molecular weight excluding hydrogens is 226 g/mol. The van der Waals surface area contributed by atoms with Gasteiger partial charge in [0.15, 0.2) is 0 Å². The third kappa shape index (κ3) is 2.15. The molecule has 3 heteroatoms. The van der Waals surface area contributed by atoms with Gasteiger partial charge in [-0.05, 0) is 12.0 Å². The summed E-state index contributed by atoms with van der Waals surface area (Å²) in [6.45, 7) is 6.39. The van der Waals surface area contributed by atoms with Crippen LogP contribution in [0.2, 0.25) is 0 Å². The summed E-state index contributed by atoms with van der Waals surface area (Å²) in [6.07, 6.45) is 0.365. The summed E-state index contributed by atoms with van der Waals surface area (Å²) in [7, 11) is 0. The largest absolute Gasteiger partial charge is 0.389 e. The Morgan fingerprint density at radius 2 is 2.00 bits per heavy atom. The predicted molar refractivity (Wildman–Crippen MR) is 71.0 cm³/mol. The van der Waals surface area contributed by atoms with Gasteiger partial charge < -0.3 is 10.0 Å². The minimum Gasteiger partial charge on any atom is -0.389 e. The number of hydrogen-bond donors (Lipinski definition) is 1. The number of carbonyl (C=O) groups excluding carboxylic acids is 1. The maximum absolute atomic E-state index is 12.4. The summed E-state index contributed by atoms with van der Waals surface area (Å²) in [5, 5.41) is 9.92. The molecule has 1 amide bonds. The predicted octanol–water partition coefficient (Wildman–Crippen LogP) is 2.37. The molecule has 2 unspecified atom stereocenters. The van der Waals surface area contributed by atoms with E-state index in [9.17, 15) is 9.90 Å². The lowest BCUT2D eigenvalue weighted by molar-refractivity contribution is -0.161. The van der Waals surface area contributed by atoms with Crippen LogP contribution in [0.3, 0.4) is 0 Å². The third-order valence-electron chi connectivity index (χ3n) is 3.95. The van der Waals surface area contributed by atoms with Gasteiger partial charge in [0, 0.05) is 12.0 Å². The van der Waals surface area contributed by atoms with E-state index in [1.165, 1.54) is 0 Å². The highest BCUT2D eigenvalue weighted by Crippen LogP contribution is 2.37. The van der Waals surface area contributed by atoms with Crippen LogP contribution in [-0.2, 0) is 4.79 Å². The number of likely N-dealkylation sites (tertiary alicyclic amines) is 1. The topological polar surface area (TPSA) is 40.5 Å². The average molecular weight is 247 g/mol. The Balaban J connectivity index is 2.19. The molecular formula is C15H21NO2. The van der Waals surface area contributed by atoms with Gasteiger partial charge in [-0.2, -0.15) is 0 Å². The van der Waals surface area contributed by atoms with Crippen molar-refractivity contribution in [1.29, 1.82) is 0 Å². The molecule has 0 spiro atoms. The van der Waals surface area contributed by atoms with Crippen LogP contribution in [0, 0.1) is 5.41 Å². The van der Waals surface area contributed by atoms with Crippen LogP contribution in [0.5, 0.6) is 0 Å². The normalized spacial score (nSPS) is 23.7. The fourth-order valence-electron chi connectivity index (χ4n) is 2.29. The Bertz CT molecular complexity index is 427. The molecule has 1 N–H and O–H groups in total. The molecule has 3 nitrogen and oxygen atoms in total. The van der Waals surface area contributed by atoms with Gasteiger partial charge in [0.05, 0.1) is 12.1 Å². The van der Waals surface area contributed by atoms with Gasteiger partial charge in [-0.15, -0.1) is 0 Å². The first-order valence-corrected chi connectivity index (χ1v) is 6.51. The second kappa shape index (κ2) is 4.73. The molecule has 1 heterocycles. The number of hydrogen-bond acceptors (Lipinski definition) is 2. The van der Waals surface area contributed by atoms with E-state index >= 15 is 0 Å². The SMILES string of the molecule is CCC(C)(C)C(=O)N1CC(O)C1c1ccccc1. The molecule has 1 saturated heterocycles. The van der Waals surface area contributed by atoms with Gasteiger partial charge >= 0.3 is 0 Å². The molecule has 1 aromatic rings. The van der Waals surface area contributed by atoms with Crippen LogP contribution < -0.4 is 0 Å². The standard InChI is InChI=1S/C15H21NO2/c1-4-15(2,3)14(18)16-10-12(17)13(16)11-8-6-5-7-9-11/h5-9,12-13,17H,4,10H2,1-3H3. The number of aliphatic hydroxyl groups excluding tert-OH is 1. The Kier molecular flexibility index (Phi) is 3.44. The minimum absolute atomic E-state index is 0.129. The number of aliphatic hydroxyl groups is 1. The zero-order chi connectivity index (χ0) is 13.3. The van der Waals surface area contributed by atoms with Gasteiger partial charge in [-0.3, -0.25) is 4.79 Å². The number of nitrogens with zero attached hydrogens (tertiary/aromatic N) is 1. The van der Waals surface area contributed by atoms with E-state index in [2.05, 4.69) is 0 Å². The fraction of sp³-hybridized carbons (Fsp3) is 0.533. The molecule has 0 aliphatic carbocycles. The molecule has 18 heavy (non-hydrogen) atoms. The molecule has 0 saturated carbocycles. The average Bonchev–Trinajstić information content (AvgIpc) is 2.36. The molecule has 0 radical (unpaired) electrons. The lowest BCUT2D eigenvalue weighted by Gasteiger charge is -2.48. The minimum atomic E-state index is -0.441. The maximum atomic E-state index is 12.4. The number of rotatable bonds is 3. The molecule has 1 aliphatic heterocycles. The van der Waals surface area contributed by atoms with Crippen molar-refractivity contribution in [3.05, 3.63) is 35.9 Å².